The number of rotatable bonds is 9. The van der Waals surface area contributed by atoms with Gasteiger partial charge in [-0.2, -0.15) is 0 Å². The van der Waals surface area contributed by atoms with Gasteiger partial charge in [-0.05, 0) is 110 Å². The molecule has 1 aliphatic rings. The SMILES string of the molecule is C=C/C=C\CC1CC=CC[C@H]1[C@H](C)N=C(N=C(NC)c1ccc2c(c1)sc1ccccc12)c1cccc2oc3ccc(-c4cccc5oc6cccc(-n7c8ccccc8c8ccccc87)c6c45)cc3c12. The molecule has 3 atom stereocenters. The Hall–Kier alpha value is -8.26. The van der Waals surface area contributed by atoms with Crippen molar-refractivity contribution in [3.05, 3.63) is 212 Å². The Labute approximate surface area is 415 Å². The second-order valence-corrected chi connectivity index (χ2v) is 19.9. The Bertz CT molecular complexity index is 4160. The molecule has 0 amide bonds. The average molecular weight is 939 g/mol. The zero-order chi connectivity index (χ0) is 47.6. The minimum Gasteiger partial charge on any atom is -0.456 e. The largest absolute Gasteiger partial charge is 0.456 e. The van der Waals surface area contributed by atoms with Gasteiger partial charge < -0.3 is 18.7 Å². The van der Waals surface area contributed by atoms with Gasteiger partial charge in [0.15, 0.2) is 5.84 Å². The number of furan rings is 2. The number of para-hydroxylation sites is 2. The molecule has 8 aromatic carbocycles. The Balaban J connectivity index is 0.999. The predicted molar refractivity (Wildman–Crippen MR) is 301 cm³/mol. The summed E-state index contributed by atoms with van der Waals surface area (Å²) >= 11 is 1.81. The molecule has 4 heterocycles. The number of hydrogen-bond acceptors (Lipinski definition) is 4. The molecule has 12 aromatic rings. The van der Waals surface area contributed by atoms with Crippen molar-refractivity contribution >= 4 is 109 Å². The quantitative estimate of drug-likeness (QED) is 0.0678. The number of aromatic nitrogens is 1. The fraction of sp³-hybridized carbons (Fsp3) is 0.125. The third-order valence-corrected chi connectivity index (χ3v) is 15.9. The van der Waals surface area contributed by atoms with Crippen LogP contribution >= 0.6 is 11.3 Å². The van der Waals surface area contributed by atoms with Gasteiger partial charge in [-0.15, -0.1) is 11.3 Å². The molecule has 0 fully saturated rings. The summed E-state index contributed by atoms with van der Waals surface area (Å²) in [6.45, 7) is 6.19. The summed E-state index contributed by atoms with van der Waals surface area (Å²) < 4.78 is 18.4. The maximum atomic E-state index is 6.75. The predicted octanol–water partition coefficient (Wildman–Crippen LogP) is 17.1. The van der Waals surface area contributed by atoms with E-state index >= 15 is 0 Å². The third kappa shape index (κ3) is 7.22. The van der Waals surface area contributed by atoms with Gasteiger partial charge in [-0.3, -0.25) is 4.99 Å². The molecule has 1 N–H and O–H groups in total. The molecule has 7 heteroatoms. The van der Waals surface area contributed by atoms with Gasteiger partial charge in [0.2, 0.25) is 0 Å². The fourth-order valence-electron chi connectivity index (χ4n) is 11.4. The van der Waals surface area contributed by atoms with Crippen LogP contribution in [0.5, 0.6) is 0 Å². The zero-order valence-corrected chi connectivity index (χ0v) is 40.4. The molecule has 0 saturated carbocycles. The first-order chi connectivity index (χ1) is 35.0. The number of thiophene rings is 1. The molecule has 344 valence electrons. The number of benzene rings is 8. The molecule has 6 nitrogen and oxygen atoms in total. The lowest BCUT2D eigenvalue weighted by atomic mass is 9.77. The van der Waals surface area contributed by atoms with Crippen molar-refractivity contribution in [3.63, 3.8) is 0 Å². The van der Waals surface area contributed by atoms with E-state index in [2.05, 4.69) is 211 Å². The monoisotopic (exact) mass is 938 g/mol. The summed E-state index contributed by atoms with van der Waals surface area (Å²) in [5.74, 6) is 2.21. The maximum Gasteiger partial charge on any atom is 0.158 e. The number of allylic oxidation sites excluding steroid dienone is 5. The summed E-state index contributed by atoms with van der Waals surface area (Å²) in [5, 5.41) is 12.6. The Morgan fingerprint density at radius 2 is 1.37 bits per heavy atom. The van der Waals surface area contributed by atoms with Gasteiger partial charge in [-0.1, -0.05) is 140 Å². The van der Waals surface area contributed by atoms with Crippen LogP contribution in [0.3, 0.4) is 0 Å². The fourth-order valence-corrected chi connectivity index (χ4v) is 12.6. The highest BCUT2D eigenvalue weighted by atomic mass is 32.1. The number of amidine groups is 2. The molecule has 0 aliphatic heterocycles. The van der Waals surface area contributed by atoms with E-state index < -0.39 is 0 Å². The number of fused-ring (bicyclic) bond motifs is 12. The summed E-state index contributed by atoms with van der Waals surface area (Å²) in [7, 11) is 1.95. The van der Waals surface area contributed by atoms with Gasteiger partial charge in [0, 0.05) is 65.3 Å². The normalized spacial score (nSPS) is 16.3. The van der Waals surface area contributed by atoms with E-state index in [0.717, 1.165) is 108 Å². The van der Waals surface area contributed by atoms with E-state index in [4.69, 9.17) is 18.8 Å². The smallest absolute Gasteiger partial charge is 0.158 e. The van der Waals surface area contributed by atoms with Crippen molar-refractivity contribution in [2.75, 3.05) is 7.05 Å². The molecular formula is C64H50N4O2S. The summed E-state index contributed by atoms with van der Waals surface area (Å²) in [6, 6.07) is 58.3. The van der Waals surface area contributed by atoms with Crippen LogP contribution in [0.15, 0.2) is 220 Å². The van der Waals surface area contributed by atoms with Crippen molar-refractivity contribution in [3.8, 4) is 16.8 Å². The first-order valence-corrected chi connectivity index (χ1v) is 25.4. The van der Waals surface area contributed by atoms with E-state index in [-0.39, 0.29) is 6.04 Å². The van der Waals surface area contributed by atoms with E-state index in [1.54, 1.807) is 0 Å². The highest BCUT2D eigenvalue weighted by Crippen LogP contribution is 2.44. The summed E-state index contributed by atoms with van der Waals surface area (Å²) in [6.07, 6.45) is 13.8. The van der Waals surface area contributed by atoms with Crippen molar-refractivity contribution in [1.82, 2.24) is 9.88 Å². The van der Waals surface area contributed by atoms with Gasteiger partial charge in [0.1, 0.15) is 28.2 Å². The molecule has 71 heavy (non-hydrogen) atoms. The Morgan fingerprint density at radius 3 is 2.17 bits per heavy atom. The summed E-state index contributed by atoms with van der Waals surface area (Å²) in [5.41, 5.74) is 10.7. The Kier molecular flexibility index (Phi) is 10.6. The van der Waals surface area contributed by atoms with E-state index in [1.165, 1.54) is 30.9 Å². The lowest BCUT2D eigenvalue weighted by Crippen LogP contribution is -2.27. The second-order valence-electron chi connectivity index (χ2n) is 18.8. The highest BCUT2D eigenvalue weighted by Gasteiger charge is 2.28. The Morgan fingerprint density at radius 1 is 0.676 bits per heavy atom. The minimum atomic E-state index is -0.0243. The van der Waals surface area contributed by atoms with Gasteiger partial charge in [0.05, 0.1) is 28.1 Å². The van der Waals surface area contributed by atoms with E-state index in [1.807, 2.05) is 24.5 Å². The standard InChI is InChI=1S/C64H50N4O2S/c1-4-5-6-18-40-19-7-8-20-43(40)39(2)66-64(67-63(65-3)42-33-35-48-47-23-11-14-32-58(47)71-59(48)38-42)49-25-16-29-55-60(49)50-37-41(34-36-54(50)69-55)44-24-15-30-56-61(44)62-53(28-17-31-57(62)70-56)68-51-26-12-9-21-45(51)46-22-10-13-27-52(46)68/h4-17,21-40,43H,1,18-20H2,2-3H3,(H,65,66,67)/b6-5-/t39-,40?,43-/m0/s1. The van der Waals surface area contributed by atoms with Gasteiger partial charge in [-0.25, -0.2) is 4.99 Å². The van der Waals surface area contributed by atoms with Crippen LogP contribution in [0.25, 0.3) is 103 Å². The average Bonchev–Trinajstić information content (AvgIpc) is 4.19. The lowest BCUT2D eigenvalue weighted by Gasteiger charge is -2.31. The number of nitrogens with zero attached hydrogens (tertiary/aromatic N) is 3. The number of nitrogens with one attached hydrogen (secondary N) is 1. The third-order valence-electron chi connectivity index (χ3n) is 14.8. The molecule has 13 rings (SSSR count). The molecule has 0 spiro atoms. The topological polar surface area (TPSA) is 68.0 Å². The molecular weight excluding hydrogens is 889 g/mol. The van der Waals surface area contributed by atoms with Crippen molar-refractivity contribution in [2.24, 2.45) is 21.8 Å². The molecule has 0 bridgehead atoms. The lowest BCUT2D eigenvalue weighted by molar-refractivity contribution is 0.285. The molecule has 0 radical (unpaired) electrons. The zero-order valence-electron chi connectivity index (χ0n) is 39.6. The number of hydrogen-bond donors (Lipinski definition) is 1. The number of aliphatic imine (C=N–C) groups is 2. The van der Waals surface area contributed by atoms with Crippen molar-refractivity contribution in [1.29, 1.82) is 0 Å². The van der Waals surface area contributed by atoms with Crippen LogP contribution in [0.2, 0.25) is 0 Å². The van der Waals surface area contributed by atoms with Crippen LogP contribution in [-0.4, -0.2) is 29.3 Å². The van der Waals surface area contributed by atoms with Crippen LogP contribution in [0.1, 0.15) is 37.3 Å². The van der Waals surface area contributed by atoms with Crippen LogP contribution < -0.4 is 5.32 Å². The van der Waals surface area contributed by atoms with E-state index in [9.17, 15) is 0 Å². The van der Waals surface area contributed by atoms with Crippen LogP contribution in [0, 0.1) is 11.8 Å². The molecule has 0 saturated heterocycles. The van der Waals surface area contributed by atoms with Gasteiger partial charge >= 0.3 is 0 Å². The minimum absolute atomic E-state index is 0.0243. The van der Waals surface area contributed by atoms with Crippen LogP contribution in [-0.2, 0) is 0 Å². The second kappa shape index (κ2) is 17.6. The first-order valence-electron chi connectivity index (χ1n) is 24.6. The van der Waals surface area contributed by atoms with E-state index in [0.29, 0.717) is 17.7 Å². The highest BCUT2D eigenvalue weighted by molar-refractivity contribution is 7.25. The van der Waals surface area contributed by atoms with Crippen molar-refractivity contribution < 1.29 is 8.83 Å². The summed E-state index contributed by atoms with van der Waals surface area (Å²) in [4.78, 5) is 11.2. The van der Waals surface area contributed by atoms with Gasteiger partial charge in [0.25, 0.3) is 0 Å². The molecule has 4 aromatic heterocycles. The maximum absolute atomic E-state index is 6.75. The first kappa shape index (κ1) is 42.8. The molecule has 1 aliphatic carbocycles. The van der Waals surface area contributed by atoms with Crippen molar-refractivity contribution in [2.45, 2.75) is 32.2 Å². The van der Waals surface area contributed by atoms with Crippen LogP contribution in [0.4, 0.5) is 0 Å². The molecule has 1 unspecified atom stereocenters.